The standard InChI is InChI=1S/C15H23N3O3/c1-10-13(14(21-17-10)12-3-4-12)16-15(19)18-7-5-11(6-8-18)9-20-2/h11-12H,3-9H2,1-2H3,(H,16,19). The van der Waals surface area contributed by atoms with Gasteiger partial charge in [0.25, 0.3) is 0 Å². The molecule has 0 spiro atoms. The van der Waals surface area contributed by atoms with Gasteiger partial charge in [0.05, 0.1) is 0 Å². The van der Waals surface area contributed by atoms with E-state index in [0.29, 0.717) is 11.8 Å². The highest BCUT2D eigenvalue weighted by Crippen LogP contribution is 2.44. The molecule has 1 aliphatic carbocycles. The van der Waals surface area contributed by atoms with Crippen molar-refractivity contribution in [2.75, 3.05) is 32.1 Å². The molecule has 1 N–H and O–H groups in total. The van der Waals surface area contributed by atoms with Crippen molar-refractivity contribution in [2.45, 2.75) is 38.5 Å². The molecule has 1 saturated heterocycles. The number of hydrogen-bond donors (Lipinski definition) is 1. The van der Waals surface area contributed by atoms with E-state index in [0.717, 1.165) is 62.5 Å². The van der Waals surface area contributed by atoms with E-state index < -0.39 is 0 Å². The summed E-state index contributed by atoms with van der Waals surface area (Å²) in [6.45, 7) is 4.22. The third kappa shape index (κ3) is 3.20. The second kappa shape index (κ2) is 6.05. The van der Waals surface area contributed by atoms with Crippen molar-refractivity contribution in [2.24, 2.45) is 5.92 Å². The number of hydrogen-bond acceptors (Lipinski definition) is 4. The number of likely N-dealkylation sites (tertiary alicyclic amines) is 1. The fourth-order valence-electron chi connectivity index (χ4n) is 2.89. The third-order valence-electron chi connectivity index (χ3n) is 4.37. The normalized spacial score (nSPS) is 19.8. The monoisotopic (exact) mass is 293 g/mol. The fourth-order valence-corrected chi connectivity index (χ4v) is 2.89. The number of methoxy groups -OCH3 is 1. The van der Waals surface area contributed by atoms with Crippen LogP contribution in [-0.2, 0) is 4.74 Å². The van der Waals surface area contributed by atoms with Gasteiger partial charge in [-0.1, -0.05) is 5.16 Å². The van der Waals surface area contributed by atoms with E-state index >= 15 is 0 Å². The van der Waals surface area contributed by atoms with Gasteiger partial charge in [0.2, 0.25) is 0 Å². The molecular weight excluding hydrogens is 270 g/mol. The summed E-state index contributed by atoms with van der Waals surface area (Å²) in [5.41, 5.74) is 1.54. The molecule has 0 radical (unpaired) electrons. The van der Waals surface area contributed by atoms with E-state index in [4.69, 9.17) is 9.26 Å². The van der Waals surface area contributed by atoms with Crippen LogP contribution >= 0.6 is 0 Å². The molecule has 1 saturated carbocycles. The SMILES string of the molecule is COCC1CCN(C(=O)Nc2c(C)noc2C2CC2)CC1. The Hall–Kier alpha value is -1.56. The second-order valence-corrected chi connectivity index (χ2v) is 6.10. The van der Waals surface area contributed by atoms with Crippen molar-refractivity contribution in [3.63, 3.8) is 0 Å². The van der Waals surface area contributed by atoms with Crippen LogP contribution < -0.4 is 5.32 Å². The molecule has 0 unspecified atom stereocenters. The number of rotatable bonds is 4. The molecule has 1 aromatic heterocycles. The Morgan fingerprint density at radius 3 is 2.71 bits per heavy atom. The number of nitrogens with one attached hydrogen (secondary N) is 1. The highest BCUT2D eigenvalue weighted by atomic mass is 16.5. The maximum atomic E-state index is 12.4. The van der Waals surface area contributed by atoms with Crippen LogP contribution in [0, 0.1) is 12.8 Å². The third-order valence-corrected chi connectivity index (χ3v) is 4.37. The Kier molecular flexibility index (Phi) is 4.14. The molecular formula is C15H23N3O3. The maximum absolute atomic E-state index is 12.4. The number of nitrogens with zero attached hydrogens (tertiary/aromatic N) is 2. The summed E-state index contributed by atoms with van der Waals surface area (Å²) in [5.74, 6) is 1.85. The van der Waals surface area contributed by atoms with Crippen molar-refractivity contribution >= 4 is 11.7 Å². The van der Waals surface area contributed by atoms with Gasteiger partial charge >= 0.3 is 6.03 Å². The average molecular weight is 293 g/mol. The number of carbonyl (C=O) groups excluding carboxylic acids is 1. The lowest BCUT2D eigenvalue weighted by Gasteiger charge is -2.31. The van der Waals surface area contributed by atoms with Gasteiger partial charge in [-0.2, -0.15) is 0 Å². The van der Waals surface area contributed by atoms with Crippen LogP contribution in [0.3, 0.4) is 0 Å². The van der Waals surface area contributed by atoms with Gasteiger partial charge in [0.15, 0.2) is 5.76 Å². The number of aromatic nitrogens is 1. The van der Waals surface area contributed by atoms with Crippen molar-refractivity contribution < 1.29 is 14.1 Å². The smallest absolute Gasteiger partial charge is 0.321 e. The lowest BCUT2D eigenvalue weighted by Crippen LogP contribution is -2.41. The van der Waals surface area contributed by atoms with Crippen LogP contribution in [0.2, 0.25) is 0 Å². The molecule has 116 valence electrons. The van der Waals surface area contributed by atoms with Gasteiger partial charge in [0.1, 0.15) is 11.4 Å². The zero-order valence-corrected chi connectivity index (χ0v) is 12.7. The summed E-state index contributed by atoms with van der Waals surface area (Å²) in [6.07, 6.45) is 4.25. The molecule has 21 heavy (non-hydrogen) atoms. The zero-order valence-electron chi connectivity index (χ0n) is 12.7. The summed E-state index contributed by atoms with van der Waals surface area (Å²) in [4.78, 5) is 14.3. The van der Waals surface area contributed by atoms with Crippen LogP contribution in [0.15, 0.2) is 4.52 Å². The van der Waals surface area contributed by atoms with Crippen LogP contribution in [0.1, 0.15) is 43.1 Å². The molecule has 2 fully saturated rings. The Morgan fingerprint density at radius 2 is 2.10 bits per heavy atom. The molecule has 0 bridgehead atoms. The molecule has 1 aromatic rings. The quantitative estimate of drug-likeness (QED) is 0.927. The molecule has 6 heteroatoms. The second-order valence-electron chi connectivity index (χ2n) is 6.10. The topological polar surface area (TPSA) is 67.6 Å². The first kappa shape index (κ1) is 14.4. The van der Waals surface area contributed by atoms with Crippen molar-refractivity contribution in [1.82, 2.24) is 10.1 Å². The molecule has 2 heterocycles. The largest absolute Gasteiger partial charge is 0.384 e. The van der Waals surface area contributed by atoms with E-state index in [1.54, 1.807) is 7.11 Å². The minimum Gasteiger partial charge on any atom is -0.384 e. The van der Waals surface area contributed by atoms with Gasteiger partial charge in [-0.15, -0.1) is 0 Å². The Morgan fingerprint density at radius 1 is 1.38 bits per heavy atom. The van der Waals surface area contributed by atoms with Crippen molar-refractivity contribution in [3.05, 3.63) is 11.5 Å². The number of aryl methyl sites for hydroxylation is 1. The molecule has 0 atom stereocenters. The number of anilines is 1. The lowest BCUT2D eigenvalue weighted by molar-refractivity contribution is 0.110. The predicted octanol–water partition coefficient (Wildman–Crippen LogP) is 2.75. The summed E-state index contributed by atoms with van der Waals surface area (Å²) in [5, 5.41) is 6.98. The van der Waals surface area contributed by atoms with Gasteiger partial charge < -0.3 is 19.5 Å². The van der Waals surface area contributed by atoms with Crippen molar-refractivity contribution in [3.8, 4) is 0 Å². The highest BCUT2D eigenvalue weighted by Gasteiger charge is 2.33. The van der Waals surface area contributed by atoms with Crippen LogP contribution in [0.25, 0.3) is 0 Å². The molecule has 1 aliphatic heterocycles. The van der Waals surface area contributed by atoms with Crippen LogP contribution in [0.5, 0.6) is 0 Å². The maximum Gasteiger partial charge on any atom is 0.321 e. The Labute approximate surface area is 124 Å². The first-order chi connectivity index (χ1) is 10.2. The predicted molar refractivity (Wildman–Crippen MR) is 78.4 cm³/mol. The van der Waals surface area contributed by atoms with E-state index in [9.17, 15) is 4.79 Å². The van der Waals surface area contributed by atoms with Gasteiger partial charge in [-0.05, 0) is 38.5 Å². The summed E-state index contributed by atoms with van der Waals surface area (Å²) in [7, 11) is 1.73. The first-order valence-electron chi connectivity index (χ1n) is 7.70. The summed E-state index contributed by atoms with van der Waals surface area (Å²) >= 11 is 0. The van der Waals surface area contributed by atoms with Gasteiger partial charge in [0, 0.05) is 32.7 Å². The zero-order chi connectivity index (χ0) is 14.8. The average Bonchev–Trinajstić information content (AvgIpc) is 3.26. The first-order valence-corrected chi connectivity index (χ1v) is 7.70. The van der Waals surface area contributed by atoms with Crippen LogP contribution in [-0.4, -0.2) is 42.9 Å². The lowest BCUT2D eigenvalue weighted by atomic mass is 9.98. The number of amides is 2. The Bertz CT molecular complexity index is 502. The van der Waals surface area contributed by atoms with E-state index in [2.05, 4.69) is 10.5 Å². The number of ether oxygens (including phenoxy) is 1. The Balaban J connectivity index is 1.58. The molecule has 0 aromatic carbocycles. The summed E-state index contributed by atoms with van der Waals surface area (Å²) < 4.78 is 10.5. The van der Waals surface area contributed by atoms with Crippen LogP contribution in [0.4, 0.5) is 10.5 Å². The minimum atomic E-state index is -0.0425. The number of urea groups is 1. The molecule has 6 nitrogen and oxygen atoms in total. The highest BCUT2D eigenvalue weighted by molar-refractivity contribution is 5.90. The van der Waals surface area contributed by atoms with E-state index in [1.165, 1.54) is 0 Å². The number of piperidine rings is 1. The minimum absolute atomic E-state index is 0.0425. The summed E-state index contributed by atoms with van der Waals surface area (Å²) in [6, 6.07) is -0.0425. The van der Waals surface area contributed by atoms with E-state index in [1.807, 2.05) is 11.8 Å². The van der Waals surface area contributed by atoms with E-state index in [-0.39, 0.29) is 6.03 Å². The molecule has 2 amide bonds. The van der Waals surface area contributed by atoms with Gasteiger partial charge in [-0.25, -0.2) is 4.79 Å². The molecule has 2 aliphatic rings. The van der Waals surface area contributed by atoms with Crippen molar-refractivity contribution in [1.29, 1.82) is 0 Å². The number of carbonyl (C=O) groups is 1. The van der Waals surface area contributed by atoms with Gasteiger partial charge in [-0.3, -0.25) is 0 Å². The molecule has 3 rings (SSSR count). The fraction of sp³-hybridized carbons (Fsp3) is 0.733.